The highest BCUT2D eigenvalue weighted by molar-refractivity contribution is 5.82. The van der Waals surface area contributed by atoms with E-state index in [-0.39, 0.29) is 11.8 Å². The van der Waals surface area contributed by atoms with E-state index in [0.29, 0.717) is 18.6 Å². The number of piperidine rings is 1. The fourth-order valence-corrected chi connectivity index (χ4v) is 4.04. The first-order chi connectivity index (χ1) is 12.7. The van der Waals surface area contributed by atoms with E-state index in [1.807, 2.05) is 24.3 Å². The molecule has 3 rings (SSSR count). The lowest BCUT2D eigenvalue weighted by Crippen LogP contribution is -2.33. The zero-order valence-corrected chi connectivity index (χ0v) is 16.2. The second kappa shape index (κ2) is 8.87. The number of rotatable bonds is 9. The molecule has 1 aliphatic carbocycles. The van der Waals surface area contributed by atoms with Crippen molar-refractivity contribution < 1.29 is 9.53 Å². The molecule has 0 bridgehead atoms. The van der Waals surface area contributed by atoms with E-state index in [0.717, 1.165) is 63.3 Å². The molecule has 1 aromatic rings. The van der Waals surface area contributed by atoms with Gasteiger partial charge in [0.2, 0.25) is 5.91 Å². The van der Waals surface area contributed by atoms with Gasteiger partial charge in [-0.15, -0.1) is 0 Å². The second-order valence-electron chi connectivity index (χ2n) is 7.61. The van der Waals surface area contributed by atoms with Gasteiger partial charge in [0.15, 0.2) is 0 Å². The summed E-state index contributed by atoms with van der Waals surface area (Å²) in [5, 5.41) is 6.50. The number of nitrogens with zero attached hydrogens (tertiary/aromatic N) is 1. The molecule has 0 aromatic heterocycles. The van der Waals surface area contributed by atoms with Crippen LogP contribution in [0.2, 0.25) is 0 Å². The summed E-state index contributed by atoms with van der Waals surface area (Å²) in [6, 6.07) is 8.07. The number of amides is 1. The maximum absolute atomic E-state index is 12.4. The van der Waals surface area contributed by atoms with Crippen LogP contribution < -0.4 is 15.4 Å². The van der Waals surface area contributed by atoms with E-state index in [1.165, 1.54) is 0 Å². The van der Waals surface area contributed by atoms with E-state index in [2.05, 4.69) is 29.4 Å². The summed E-state index contributed by atoms with van der Waals surface area (Å²) in [7, 11) is 0. The lowest BCUT2D eigenvalue weighted by Gasteiger charge is -2.23. The Hall–Kier alpha value is -1.59. The van der Waals surface area contributed by atoms with Crippen LogP contribution in [0.5, 0.6) is 5.75 Å². The van der Waals surface area contributed by atoms with Crippen molar-refractivity contribution in [3.05, 3.63) is 29.8 Å². The Morgan fingerprint density at radius 3 is 2.58 bits per heavy atom. The van der Waals surface area contributed by atoms with Gasteiger partial charge in [-0.25, -0.2) is 0 Å². The third kappa shape index (κ3) is 4.77. The van der Waals surface area contributed by atoms with Gasteiger partial charge in [0, 0.05) is 19.0 Å². The van der Waals surface area contributed by atoms with E-state index in [1.54, 1.807) is 0 Å². The minimum absolute atomic E-state index is 0.228. The van der Waals surface area contributed by atoms with E-state index < -0.39 is 0 Å². The van der Waals surface area contributed by atoms with Gasteiger partial charge in [-0.05, 0) is 68.6 Å². The summed E-state index contributed by atoms with van der Waals surface area (Å²) >= 11 is 0. The van der Waals surface area contributed by atoms with Crippen LogP contribution in [-0.4, -0.2) is 50.1 Å². The number of ether oxygens (including phenoxy) is 1. The Balaban J connectivity index is 1.38. The highest BCUT2D eigenvalue weighted by atomic mass is 16.5. The van der Waals surface area contributed by atoms with Gasteiger partial charge >= 0.3 is 0 Å². The maximum Gasteiger partial charge on any atom is 0.223 e. The molecule has 1 spiro atoms. The van der Waals surface area contributed by atoms with Crippen molar-refractivity contribution >= 4 is 5.91 Å². The average molecular weight is 360 g/mol. The summed E-state index contributed by atoms with van der Waals surface area (Å²) in [5.41, 5.74) is 1.42. The summed E-state index contributed by atoms with van der Waals surface area (Å²) in [6.07, 6.45) is 3.36. The number of hydrogen-bond acceptors (Lipinski definition) is 4. The molecule has 1 saturated heterocycles. The zero-order valence-electron chi connectivity index (χ0n) is 16.2. The van der Waals surface area contributed by atoms with E-state index >= 15 is 0 Å². The van der Waals surface area contributed by atoms with Crippen molar-refractivity contribution in [2.45, 2.75) is 39.7 Å². The Morgan fingerprint density at radius 1 is 1.23 bits per heavy atom. The fourth-order valence-electron chi connectivity index (χ4n) is 4.04. The summed E-state index contributed by atoms with van der Waals surface area (Å²) in [5.74, 6) is 1.35. The maximum atomic E-state index is 12.4. The van der Waals surface area contributed by atoms with Gasteiger partial charge in [-0.1, -0.05) is 26.0 Å². The minimum atomic E-state index is 0.228. The van der Waals surface area contributed by atoms with Crippen LogP contribution in [0.4, 0.5) is 0 Å². The average Bonchev–Trinajstić information content (AvgIpc) is 3.37. The first kappa shape index (κ1) is 19.2. The third-order valence-electron chi connectivity index (χ3n) is 6.07. The lowest BCUT2D eigenvalue weighted by molar-refractivity contribution is -0.123. The van der Waals surface area contributed by atoms with Crippen molar-refractivity contribution in [1.82, 2.24) is 15.5 Å². The van der Waals surface area contributed by atoms with Gasteiger partial charge in [0.25, 0.3) is 0 Å². The standard InChI is InChI=1S/C21H33N3O2/c1-3-24(4-2)13-14-26-18-7-5-17(6-8-18)16-23-20(25)19-15-21(19)9-11-22-12-10-21/h5-8,19,22H,3-4,9-16H2,1-2H3,(H,23,25). The minimum Gasteiger partial charge on any atom is -0.492 e. The molecule has 1 aliphatic heterocycles. The molecule has 1 atom stereocenters. The molecule has 0 radical (unpaired) electrons. The van der Waals surface area contributed by atoms with Crippen LogP contribution in [0.3, 0.4) is 0 Å². The molecule has 1 aromatic carbocycles. The monoisotopic (exact) mass is 359 g/mol. The molecule has 5 nitrogen and oxygen atoms in total. The zero-order chi connectivity index (χ0) is 18.4. The fraction of sp³-hybridized carbons (Fsp3) is 0.667. The molecule has 2 N–H and O–H groups in total. The van der Waals surface area contributed by atoms with Crippen molar-refractivity contribution in [3.63, 3.8) is 0 Å². The molecule has 2 fully saturated rings. The van der Waals surface area contributed by atoms with Crippen molar-refractivity contribution in [2.75, 3.05) is 39.3 Å². The van der Waals surface area contributed by atoms with Crippen LogP contribution in [0.1, 0.15) is 38.7 Å². The molecule has 144 valence electrons. The predicted molar refractivity (Wildman–Crippen MR) is 104 cm³/mol. The first-order valence-corrected chi connectivity index (χ1v) is 10.1. The first-order valence-electron chi connectivity index (χ1n) is 10.1. The number of likely N-dealkylation sites (N-methyl/N-ethyl adjacent to an activating group) is 1. The molecule has 26 heavy (non-hydrogen) atoms. The van der Waals surface area contributed by atoms with Crippen LogP contribution >= 0.6 is 0 Å². The van der Waals surface area contributed by atoms with Gasteiger partial charge < -0.3 is 20.3 Å². The number of nitrogens with one attached hydrogen (secondary N) is 2. The van der Waals surface area contributed by atoms with Crippen LogP contribution in [0.25, 0.3) is 0 Å². The van der Waals surface area contributed by atoms with Crippen LogP contribution in [-0.2, 0) is 11.3 Å². The summed E-state index contributed by atoms with van der Waals surface area (Å²) < 4.78 is 5.81. The molecule has 5 heteroatoms. The van der Waals surface area contributed by atoms with Crippen LogP contribution in [0.15, 0.2) is 24.3 Å². The number of carbonyl (C=O) groups is 1. The number of hydrogen-bond donors (Lipinski definition) is 2. The molecule has 1 saturated carbocycles. The van der Waals surface area contributed by atoms with Gasteiger partial charge in [0.1, 0.15) is 12.4 Å². The highest BCUT2D eigenvalue weighted by Gasteiger charge is 2.57. The Morgan fingerprint density at radius 2 is 1.92 bits per heavy atom. The molecular weight excluding hydrogens is 326 g/mol. The smallest absolute Gasteiger partial charge is 0.223 e. The summed E-state index contributed by atoms with van der Waals surface area (Å²) in [4.78, 5) is 14.8. The molecule has 1 amide bonds. The SMILES string of the molecule is CCN(CC)CCOc1ccc(CNC(=O)C2CC23CCNCC3)cc1. The third-order valence-corrected chi connectivity index (χ3v) is 6.07. The molecule has 1 unspecified atom stereocenters. The number of carbonyl (C=O) groups excluding carboxylic acids is 1. The second-order valence-corrected chi connectivity index (χ2v) is 7.61. The molecule has 1 heterocycles. The van der Waals surface area contributed by atoms with Crippen molar-refractivity contribution in [1.29, 1.82) is 0 Å². The highest BCUT2D eigenvalue weighted by Crippen LogP contribution is 2.58. The largest absolute Gasteiger partial charge is 0.492 e. The van der Waals surface area contributed by atoms with E-state index in [9.17, 15) is 4.79 Å². The normalized spacial score (nSPS) is 21.0. The molecule has 2 aliphatic rings. The topological polar surface area (TPSA) is 53.6 Å². The van der Waals surface area contributed by atoms with Crippen molar-refractivity contribution in [2.24, 2.45) is 11.3 Å². The van der Waals surface area contributed by atoms with Gasteiger partial charge in [-0.2, -0.15) is 0 Å². The quantitative estimate of drug-likeness (QED) is 0.711. The van der Waals surface area contributed by atoms with E-state index in [4.69, 9.17) is 4.74 Å². The van der Waals surface area contributed by atoms with Crippen LogP contribution in [0, 0.1) is 11.3 Å². The lowest BCUT2D eigenvalue weighted by atomic mass is 9.92. The number of benzene rings is 1. The Bertz CT molecular complexity index is 577. The Labute approximate surface area is 157 Å². The Kier molecular flexibility index (Phi) is 6.54. The van der Waals surface area contributed by atoms with Crippen molar-refractivity contribution in [3.8, 4) is 5.75 Å². The predicted octanol–water partition coefficient (Wildman–Crippen LogP) is 2.41. The van der Waals surface area contributed by atoms with Gasteiger partial charge in [-0.3, -0.25) is 4.79 Å². The van der Waals surface area contributed by atoms with Gasteiger partial charge in [0.05, 0.1) is 0 Å². The molecular formula is C21H33N3O2. The summed E-state index contributed by atoms with van der Waals surface area (Å²) in [6.45, 7) is 10.8.